The van der Waals surface area contributed by atoms with Crippen LogP contribution in [0, 0.1) is 11.6 Å². The largest absolute Gasteiger partial charge is 0.511 e. The predicted molar refractivity (Wildman–Crippen MR) is 102 cm³/mol. The molecule has 0 bridgehead atoms. The average molecular weight is 413 g/mol. The van der Waals surface area contributed by atoms with Gasteiger partial charge in [-0.05, 0) is 30.3 Å². The predicted octanol–water partition coefficient (Wildman–Crippen LogP) is 3.06. The van der Waals surface area contributed by atoms with Gasteiger partial charge in [0.25, 0.3) is 5.56 Å². The van der Waals surface area contributed by atoms with Gasteiger partial charge >= 0.3 is 6.16 Å². The summed E-state index contributed by atoms with van der Waals surface area (Å²) in [7, 11) is 0. The number of aromatic amines is 1. The highest BCUT2D eigenvalue weighted by atomic mass is 19.1. The molecule has 0 atom stereocenters. The fourth-order valence-electron chi connectivity index (χ4n) is 2.81. The maximum absolute atomic E-state index is 13.8. The van der Waals surface area contributed by atoms with Crippen molar-refractivity contribution in [2.75, 3.05) is 5.32 Å². The zero-order valence-electron chi connectivity index (χ0n) is 15.1. The molecule has 0 amide bonds. The van der Waals surface area contributed by atoms with E-state index in [1.165, 1.54) is 30.5 Å². The molecule has 0 aliphatic carbocycles. The van der Waals surface area contributed by atoms with Gasteiger partial charge in [0, 0.05) is 17.8 Å². The first kappa shape index (κ1) is 19.1. The molecule has 0 unspecified atom stereocenters. The van der Waals surface area contributed by atoms with Crippen LogP contribution in [0.3, 0.4) is 0 Å². The zero-order valence-corrected chi connectivity index (χ0v) is 15.1. The van der Waals surface area contributed by atoms with E-state index in [1.807, 2.05) is 0 Å². The third-order valence-electron chi connectivity index (χ3n) is 4.20. The monoisotopic (exact) mass is 413 g/mol. The lowest BCUT2D eigenvalue weighted by Crippen LogP contribution is -2.14. The number of carbonyl (C=O) groups is 1. The number of nitrogens with zero attached hydrogens (tertiary/aromatic N) is 3. The molecule has 4 rings (SSSR count). The molecule has 11 heteroatoms. The van der Waals surface area contributed by atoms with Crippen molar-refractivity contribution in [2.45, 2.75) is 6.54 Å². The average Bonchev–Trinajstić information content (AvgIpc) is 3.15. The lowest BCUT2D eigenvalue weighted by atomic mass is 10.1. The number of ether oxygens (including phenoxy) is 1. The van der Waals surface area contributed by atoms with Crippen molar-refractivity contribution in [1.29, 1.82) is 0 Å². The molecule has 0 aliphatic rings. The molecule has 0 radical (unpaired) electrons. The summed E-state index contributed by atoms with van der Waals surface area (Å²) in [5.41, 5.74) is 0.221. The van der Waals surface area contributed by atoms with E-state index < -0.39 is 23.3 Å². The molecule has 9 nitrogen and oxygen atoms in total. The van der Waals surface area contributed by atoms with Crippen LogP contribution < -0.4 is 15.6 Å². The SMILES string of the molecule is O=C(O)Oc1cnn(-c2nc3ccc(NCc4c(F)cccc4F)cc3c(=O)[nH]2)c1. The maximum Gasteiger partial charge on any atom is 0.511 e. The van der Waals surface area contributed by atoms with Gasteiger partial charge in [-0.3, -0.25) is 9.78 Å². The van der Waals surface area contributed by atoms with Crippen molar-refractivity contribution in [3.63, 3.8) is 0 Å². The van der Waals surface area contributed by atoms with Gasteiger partial charge in [0.05, 0.1) is 23.3 Å². The van der Waals surface area contributed by atoms with E-state index in [4.69, 9.17) is 5.11 Å². The Morgan fingerprint density at radius 1 is 1.23 bits per heavy atom. The lowest BCUT2D eigenvalue weighted by molar-refractivity contribution is 0.144. The first-order chi connectivity index (χ1) is 14.4. The van der Waals surface area contributed by atoms with Gasteiger partial charge in [-0.15, -0.1) is 0 Å². The second kappa shape index (κ2) is 7.62. The Hall–Kier alpha value is -4.28. The quantitative estimate of drug-likeness (QED) is 0.430. The summed E-state index contributed by atoms with van der Waals surface area (Å²) in [5, 5.41) is 15.6. The Kier molecular flexibility index (Phi) is 4.84. The van der Waals surface area contributed by atoms with E-state index in [2.05, 4.69) is 25.1 Å². The van der Waals surface area contributed by atoms with Crippen LogP contribution in [0.2, 0.25) is 0 Å². The molecular weight excluding hydrogens is 400 g/mol. The molecule has 0 aliphatic heterocycles. The third kappa shape index (κ3) is 3.81. The molecule has 3 N–H and O–H groups in total. The third-order valence-corrected chi connectivity index (χ3v) is 4.20. The Bertz CT molecular complexity index is 1300. The van der Waals surface area contributed by atoms with Crippen LogP contribution in [0.4, 0.5) is 19.3 Å². The van der Waals surface area contributed by atoms with Crippen molar-refractivity contribution in [2.24, 2.45) is 0 Å². The topological polar surface area (TPSA) is 122 Å². The second-order valence-corrected chi connectivity index (χ2v) is 6.16. The standard InChI is InChI=1S/C19H13F2N5O4/c20-14-2-1-3-15(21)13(14)8-22-10-4-5-16-12(6-10)17(27)25-18(24-16)26-9-11(7-23-26)30-19(28)29/h1-7,9,22H,8H2,(H,28,29)(H,24,25,27). The van der Waals surface area contributed by atoms with Gasteiger partial charge in [-0.2, -0.15) is 5.10 Å². The minimum absolute atomic E-state index is 0.0369. The number of rotatable bonds is 5. The summed E-state index contributed by atoms with van der Waals surface area (Å²) in [6, 6.07) is 8.29. The van der Waals surface area contributed by atoms with Gasteiger partial charge in [0.2, 0.25) is 5.95 Å². The van der Waals surface area contributed by atoms with E-state index in [9.17, 15) is 18.4 Å². The van der Waals surface area contributed by atoms with E-state index in [0.717, 1.165) is 10.9 Å². The molecular formula is C19H13F2N5O4. The zero-order chi connectivity index (χ0) is 21.3. The van der Waals surface area contributed by atoms with Crippen LogP contribution in [0.25, 0.3) is 16.9 Å². The van der Waals surface area contributed by atoms with Crippen molar-refractivity contribution in [1.82, 2.24) is 19.7 Å². The number of benzene rings is 2. The summed E-state index contributed by atoms with van der Waals surface area (Å²) in [6.07, 6.45) is 0.911. The molecule has 30 heavy (non-hydrogen) atoms. The van der Waals surface area contributed by atoms with Crippen molar-refractivity contribution < 1.29 is 23.4 Å². The number of carboxylic acid groups (broad SMARTS) is 1. The van der Waals surface area contributed by atoms with Crippen molar-refractivity contribution in [3.8, 4) is 11.7 Å². The molecule has 2 aromatic heterocycles. The van der Waals surface area contributed by atoms with E-state index >= 15 is 0 Å². The van der Waals surface area contributed by atoms with E-state index in [1.54, 1.807) is 12.1 Å². The first-order valence-corrected chi connectivity index (χ1v) is 8.57. The fourth-order valence-corrected chi connectivity index (χ4v) is 2.81. The highest BCUT2D eigenvalue weighted by molar-refractivity contribution is 5.81. The number of halogens is 2. The number of nitrogens with one attached hydrogen (secondary N) is 2. The molecule has 0 saturated carbocycles. The second-order valence-electron chi connectivity index (χ2n) is 6.16. The lowest BCUT2D eigenvalue weighted by Gasteiger charge is -2.09. The smallest absolute Gasteiger partial charge is 0.449 e. The molecule has 0 fully saturated rings. The van der Waals surface area contributed by atoms with E-state index in [-0.39, 0.29) is 29.2 Å². The number of H-pyrrole nitrogens is 1. The number of hydrogen-bond donors (Lipinski definition) is 3. The van der Waals surface area contributed by atoms with Gasteiger partial charge in [-0.1, -0.05) is 6.07 Å². The normalized spacial score (nSPS) is 10.9. The van der Waals surface area contributed by atoms with Crippen molar-refractivity contribution in [3.05, 3.63) is 76.3 Å². The number of hydrogen-bond acceptors (Lipinski definition) is 6. The fraction of sp³-hybridized carbons (Fsp3) is 0.0526. The van der Waals surface area contributed by atoms with Crippen LogP contribution in [-0.2, 0) is 6.54 Å². The van der Waals surface area contributed by atoms with Gasteiger partial charge in [-0.25, -0.2) is 23.2 Å². The number of fused-ring (bicyclic) bond motifs is 1. The van der Waals surface area contributed by atoms with Crippen LogP contribution in [0.5, 0.6) is 5.75 Å². The van der Waals surface area contributed by atoms with Crippen LogP contribution in [0.1, 0.15) is 5.56 Å². The minimum Gasteiger partial charge on any atom is -0.449 e. The molecule has 2 heterocycles. The van der Waals surface area contributed by atoms with Crippen molar-refractivity contribution >= 4 is 22.7 Å². The number of anilines is 1. The van der Waals surface area contributed by atoms with Gasteiger partial charge < -0.3 is 15.2 Å². The summed E-state index contributed by atoms with van der Waals surface area (Å²) in [5.74, 6) is -1.32. The Morgan fingerprint density at radius 2 is 2.00 bits per heavy atom. The Balaban J connectivity index is 1.60. The van der Waals surface area contributed by atoms with Gasteiger partial charge in [0.1, 0.15) is 11.6 Å². The molecule has 0 saturated heterocycles. The molecule has 2 aromatic carbocycles. The first-order valence-electron chi connectivity index (χ1n) is 8.57. The molecule has 152 valence electrons. The summed E-state index contributed by atoms with van der Waals surface area (Å²) >= 11 is 0. The Labute approximate surface area is 166 Å². The highest BCUT2D eigenvalue weighted by Gasteiger charge is 2.11. The summed E-state index contributed by atoms with van der Waals surface area (Å²) in [6.45, 7) is -0.104. The maximum atomic E-state index is 13.8. The Morgan fingerprint density at radius 3 is 2.73 bits per heavy atom. The summed E-state index contributed by atoms with van der Waals surface area (Å²) in [4.78, 5) is 29.9. The molecule has 4 aromatic rings. The van der Waals surface area contributed by atoms with Gasteiger partial charge in [0.15, 0.2) is 5.75 Å². The summed E-state index contributed by atoms with van der Waals surface area (Å²) < 4.78 is 33.1. The van der Waals surface area contributed by atoms with Crippen LogP contribution in [-0.4, -0.2) is 31.0 Å². The van der Waals surface area contributed by atoms with Crippen LogP contribution >= 0.6 is 0 Å². The molecule has 0 spiro atoms. The van der Waals surface area contributed by atoms with E-state index in [0.29, 0.717) is 11.2 Å². The van der Waals surface area contributed by atoms with Crippen LogP contribution in [0.15, 0.2) is 53.6 Å². The minimum atomic E-state index is -1.50. The number of aromatic nitrogens is 4. The highest BCUT2D eigenvalue weighted by Crippen LogP contribution is 2.19.